The Morgan fingerprint density at radius 3 is 2.79 bits per heavy atom. The topological polar surface area (TPSA) is 55.6 Å². The summed E-state index contributed by atoms with van der Waals surface area (Å²) in [6, 6.07) is 0.489. The summed E-state index contributed by atoms with van der Waals surface area (Å²) in [7, 11) is 1.90. The van der Waals surface area contributed by atoms with Crippen LogP contribution in [-0.4, -0.2) is 25.8 Å². The summed E-state index contributed by atoms with van der Waals surface area (Å²) in [6.45, 7) is 4.45. The molecule has 2 aromatic heterocycles. The molecule has 5 nitrogen and oxygen atoms in total. The number of hydrogen-bond acceptors (Lipinski definition) is 4. The van der Waals surface area contributed by atoms with Gasteiger partial charge >= 0.3 is 0 Å². The van der Waals surface area contributed by atoms with Crippen LogP contribution in [0.25, 0.3) is 11.0 Å². The molecule has 1 atom stereocenters. The van der Waals surface area contributed by atoms with Crippen LogP contribution in [0.5, 0.6) is 0 Å². The molecule has 0 aliphatic heterocycles. The predicted octanol–water partition coefficient (Wildman–Crippen LogP) is 3.13. The van der Waals surface area contributed by atoms with Crippen molar-refractivity contribution < 1.29 is 0 Å². The molecular formula is C14H23N5. The molecule has 0 radical (unpaired) electrons. The van der Waals surface area contributed by atoms with Crippen molar-refractivity contribution in [3.05, 3.63) is 12.5 Å². The largest absolute Gasteiger partial charge is 0.367 e. The minimum atomic E-state index is 0.489. The van der Waals surface area contributed by atoms with Crippen molar-refractivity contribution in [3.63, 3.8) is 0 Å². The van der Waals surface area contributed by atoms with E-state index in [-0.39, 0.29) is 0 Å². The molecule has 0 fully saturated rings. The molecule has 2 aromatic rings. The van der Waals surface area contributed by atoms with E-state index in [9.17, 15) is 0 Å². The predicted molar refractivity (Wildman–Crippen MR) is 78.1 cm³/mol. The first-order valence-electron chi connectivity index (χ1n) is 7.15. The Morgan fingerprint density at radius 2 is 2.05 bits per heavy atom. The molecule has 19 heavy (non-hydrogen) atoms. The van der Waals surface area contributed by atoms with Gasteiger partial charge in [0, 0.05) is 13.1 Å². The zero-order valence-electron chi connectivity index (χ0n) is 12.1. The number of rotatable bonds is 7. The van der Waals surface area contributed by atoms with Crippen LogP contribution >= 0.6 is 0 Å². The molecule has 1 N–H and O–H groups in total. The van der Waals surface area contributed by atoms with Gasteiger partial charge in [0.1, 0.15) is 12.1 Å². The van der Waals surface area contributed by atoms with Crippen LogP contribution in [0, 0.1) is 0 Å². The zero-order chi connectivity index (χ0) is 13.7. The van der Waals surface area contributed by atoms with Crippen LogP contribution in [0.2, 0.25) is 0 Å². The number of fused-ring (bicyclic) bond motifs is 1. The second-order valence-electron chi connectivity index (χ2n) is 5.00. The highest BCUT2D eigenvalue weighted by molar-refractivity contribution is 5.86. The SMILES string of the molecule is CCCCC(CCC)Nc1ncnc2c1cnn2C. The third kappa shape index (κ3) is 3.22. The van der Waals surface area contributed by atoms with Crippen molar-refractivity contribution >= 4 is 16.9 Å². The average molecular weight is 261 g/mol. The second kappa shape index (κ2) is 6.50. The maximum absolute atomic E-state index is 4.37. The van der Waals surface area contributed by atoms with Crippen LogP contribution in [-0.2, 0) is 7.05 Å². The van der Waals surface area contributed by atoms with E-state index in [0.717, 1.165) is 16.9 Å². The first kappa shape index (κ1) is 13.8. The Balaban J connectivity index is 2.18. The number of aryl methyl sites for hydroxylation is 1. The van der Waals surface area contributed by atoms with E-state index in [2.05, 4.69) is 34.2 Å². The number of anilines is 1. The van der Waals surface area contributed by atoms with E-state index in [0.29, 0.717) is 6.04 Å². The van der Waals surface area contributed by atoms with Crippen LogP contribution in [0.15, 0.2) is 12.5 Å². The number of unbranched alkanes of at least 4 members (excludes halogenated alkanes) is 1. The van der Waals surface area contributed by atoms with Gasteiger partial charge in [-0.3, -0.25) is 4.68 Å². The maximum atomic E-state index is 4.37. The summed E-state index contributed by atoms with van der Waals surface area (Å²) in [6.07, 6.45) is 9.47. The van der Waals surface area contributed by atoms with Crippen molar-refractivity contribution in [3.8, 4) is 0 Å². The molecule has 5 heteroatoms. The van der Waals surface area contributed by atoms with E-state index in [1.54, 1.807) is 11.0 Å². The lowest BCUT2D eigenvalue weighted by molar-refractivity contribution is 0.563. The molecule has 0 aliphatic carbocycles. The monoisotopic (exact) mass is 261 g/mol. The van der Waals surface area contributed by atoms with Crippen molar-refractivity contribution in [2.45, 2.75) is 52.0 Å². The molecule has 1 unspecified atom stereocenters. The Kier molecular flexibility index (Phi) is 4.71. The molecule has 104 valence electrons. The highest BCUT2D eigenvalue weighted by Crippen LogP contribution is 2.21. The highest BCUT2D eigenvalue weighted by atomic mass is 15.3. The van der Waals surface area contributed by atoms with Crippen LogP contribution in [0.3, 0.4) is 0 Å². The van der Waals surface area contributed by atoms with E-state index >= 15 is 0 Å². The minimum absolute atomic E-state index is 0.489. The Hall–Kier alpha value is -1.65. The summed E-state index contributed by atoms with van der Waals surface area (Å²) in [5.74, 6) is 0.910. The van der Waals surface area contributed by atoms with Gasteiger partial charge in [0.2, 0.25) is 0 Å². The van der Waals surface area contributed by atoms with E-state index in [4.69, 9.17) is 0 Å². The third-order valence-electron chi connectivity index (χ3n) is 3.41. The normalized spacial score (nSPS) is 12.8. The van der Waals surface area contributed by atoms with E-state index < -0.39 is 0 Å². The second-order valence-corrected chi connectivity index (χ2v) is 5.00. The number of nitrogens with one attached hydrogen (secondary N) is 1. The van der Waals surface area contributed by atoms with Gasteiger partial charge in [0.05, 0.1) is 11.6 Å². The lowest BCUT2D eigenvalue weighted by atomic mass is 10.1. The summed E-state index contributed by atoms with van der Waals surface area (Å²) in [5, 5.41) is 8.82. The van der Waals surface area contributed by atoms with Gasteiger partial charge in [-0.2, -0.15) is 5.10 Å². The summed E-state index contributed by atoms with van der Waals surface area (Å²) in [5.41, 5.74) is 0.878. The van der Waals surface area contributed by atoms with Crippen LogP contribution in [0.4, 0.5) is 5.82 Å². The number of aromatic nitrogens is 4. The Morgan fingerprint density at radius 1 is 1.21 bits per heavy atom. The van der Waals surface area contributed by atoms with E-state index in [1.165, 1.54) is 32.1 Å². The summed E-state index contributed by atoms with van der Waals surface area (Å²) >= 11 is 0. The fourth-order valence-corrected chi connectivity index (χ4v) is 2.36. The van der Waals surface area contributed by atoms with Gasteiger partial charge in [0.15, 0.2) is 5.65 Å². The van der Waals surface area contributed by atoms with Gasteiger partial charge in [0.25, 0.3) is 0 Å². The third-order valence-corrected chi connectivity index (χ3v) is 3.41. The van der Waals surface area contributed by atoms with Crippen molar-refractivity contribution in [1.82, 2.24) is 19.7 Å². The smallest absolute Gasteiger partial charge is 0.163 e. The summed E-state index contributed by atoms with van der Waals surface area (Å²) < 4.78 is 1.78. The molecule has 0 aromatic carbocycles. The summed E-state index contributed by atoms with van der Waals surface area (Å²) in [4.78, 5) is 8.64. The van der Waals surface area contributed by atoms with Crippen LogP contribution < -0.4 is 5.32 Å². The van der Waals surface area contributed by atoms with Gasteiger partial charge in [-0.15, -0.1) is 0 Å². The zero-order valence-corrected chi connectivity index (χ0v) is 12.1. The van der Waals surface area contributed by atoms with Crippen molar-refractivity contribution in [2.75, 3.05) is 5.32 Å². The van der Waals surface area contributed by atoms with Crippen LogP contribution in [0.1, 0.15) is 46.0 Å². The lowest BCUT2D eigenvalue weighted by Gasteiger charge is -2.18. The molecule has 0 saturated heterocycles. The first-order chi connectivity index (χ1) is 9.26. The van der Waals surface area contributed by atoms with Crippen molar-refractivity contribution in [2.24, 2.45) is 7.05 Å². The number of hydrogen-bond donors (Lipinski definition) is 1. The molecule has 2 heterocycles. The molecule has 0 spiro atoms. The molecule has 0 bridgehead atoms. The van der Waals surface area contributed by atoms with E-state index in [1.807, 2.05) is 13.2 Å². The van der Waals surface area contributed by atoms with Gasteiger partial charge in [-0.05, 0) is 12.8 Å². The molecule has 0 saturated carbocycles. The molecule has 0 aliphatic rings. The average Bonchev–Trinajstić information content (AvgIpc) is 2.79. The van der Waals surface area contributed by atoms with Gasteiger partial charge in [-0.25, -0.2) is 9.97 Å². The molecule has 0 amide bonds. The highest BCUT2D eigenvalue weighted by Gasteiger charge is 2.12. The molecule has 2 rings (SSSR count). The number of nitrogens with zero attached hydrogens (tertiary/aromatic N) is 4. The van der Waals surface area contributed by atoms with Crippen molar-refractivity contribution in [1.29, 1.82) is 0 Å². The standard InChI is InChI=1S/C14H23N5/c1-4-6-8-11(7-5-2)18-13-12-9-17-19(3)14(12)16-10-15-13/h9-11H,4-8H2,1-3H3,(H,15,16,18). The fraction of sp³-hybridized carbons (Fsp3) is 0.643. The minimum Gasteiger partial charge on any atom is -0.367 e. The Bertz CT molecular complexity index is 520. The van der Waals surface area contributed by atoms with Gasteiger partial charge in [-0.1, -0.05) is 33.1 Å². The quantitative estimate of drug-likeness (QED) is 0.832. The lowest BCUT2D eigenvalue weighted by Crippen LogP contribution is -2.20. The molecular weight excluding hydrogens is 238 g/mol. The van der Waals surface area contributed by atoms with Gasteiger partial charge < -0.3 is 5.32 Å². The fourth-order valence-electron chi connectivity index (χ4n) is 2.36. The Labute approximate surface area is 114 Å². The maximum Gasteiger partial charge on any atom is 0.163 e. The first-order valence-corrected chi connectivity index (χ1v) is 7.15.